The molecule has 0 saturated heterocycles. The van der Waals surface area contributed by atoms with Crippen molar-refractivity contribution < 1.29 is 4.74 Å². The third-order valence-electron chi connectivity index (χ3n) is 1.86. The second kappa shape index (κ2) is 3.02. The van der Waals surface area contributed by atoms with Gasteiger partial charge in [-0.3, -0.25) is 0 Å². The second-order valence-electron chi connectivity index (χ2n) is 2.83. The Morgan fingerprint density at radius 2 is 2.20 bits per heavy atom. The molecule has 2 unspecified atom stereocenters. The summed E-state index contributed by atoms with van der Waals surface area (Å²) in [5, 5.41) is 0. The lowest BCUT2D eigenvalue weighted by Crippen LogP contribution is -2.18. The molecule has 0 aromatic heterocycles. The van der Waals surface area contributed by atoms with E-state index < -0.39 is 0 Å². The summed E-state index contributed by atoms with van der Waals surface area (Å²) in [7, 11) is 1.75. The fraction of sp³-hybridized carbons (Fsp3) is 0.556. The van der Waals surface area contributed by atoms with Crippen LogP contribution in [0.5, 0.6) is 0 Å². The lowest BCUT2D eigenvalue weighted by Gasteiger charge is -2.20. The van der Waals surface area contributed by atoms with Gasteiger partial charge in [-0.05, 0) is 6.92 Å². The van der Waals surface area contributed by atoms with Gasteiger partial charge in [0.15, 0.2) is 0 Å². The van der Waals surface area contributed by atoms with Crippen molar-refractivity contribution in [1.82, 2.24) is 0 Å². The molecular formula is C9H14O. The molecule has 0 radical (unpaired) electrons. The van der Waals surface area contributed by atoms with E-state index in [-0.39, 0.29) is 6.10 Å². The number of hydrogen-bond acceptors (Lipinski definition) is 1. The maximum atomic E-state index is 5.22. The molecule has 0 saturated carbocycles. The van der Waals surface area contributed by atoms with E-state index in [1.54, 1.807) is 7.11 Å². The molecule has 2 atom stereocenters. The van der Waals surface area contributed by atoms with Gasteiger partial charge in [0.1, 0.15) is 0 Å². The normalized spacial score (nSPS) is 32.1. The van der Waals surface area contributed by atoms with E-state index >= 15 is 0 Å². The molecule has 1 nitrogen and oxygen atoms in total. The number of hydrogen-bond donors (Lipinski definition) is 0. The van der Waals surface area contributed by atoms with Crippen LogP contribution < -0.4 is 0 Å². The van der Waals surface area contributed by atoms with Crippen LogP contribution in [0.2, 0.25) is 0 Å². The van der Waals surface area contributed by atoms with E-state index in [0.717, 1.165) is 0 Å². The van der Waals surface area contributed by atoms with E-state index in [4.69, 9.17) is 4.74 Å². The lowest BCUT2D eigenvalue weighted by atomic mass is 9.96. The fourth-order valence-corrected chi connectivity index (χ4v) is 1.28. The molecular weight excluding hydrogens is 124 g/mol. The van der Waals surface area contributed by atoms with Gasteiger partial charge in [0.05, 0.1) is 6.10 Å². The zero-order valence-electron chi connectivity index (χ0n) is 6.79. The molecule has 0 N–H and O–H groups in total. The van der Waals surface area contributed by atoms with Gasteiger partial charge in [0, 0.05) is 13.0 Å². The zero-order chi connectivity index (χ0) is 7.56. The summed E-state index contributed by atoms with van der Waals surface area (Å²) in [5.74, 6) is 0.523. The van der Waals surface area contributed by atoms with Crippen molar-refractivity contribution in [2.24, 2.45) is 5.92 Å². The van der Waals surface area contributed by atoms with Gasteiger partial charge in [-0.2, -0.15) is 0 Å². The SMILES string of the molecule is COC1C=CC(C)=CC1C. The monoisotopic (exact) mass is 138 g/mol. The number of methoxy groups -OCH3 is 1. The lowest BCUT2D eigenvalue weighted by molar-refractivity contribution is 0.111. The van der Waals surface area contributed by atoms with Crippen LogP contribution in [0.25, 0.3) is 0 Å². The first-order chi connectivity index (χ1) is 4.74. The highest BCUT2D eigenvalue weighted by Crippen LogP contribution is 2.17. The van der Waals surface area contributed by atoms with Crippen molar-refractivity contribution in [3.63, 3.8) is 0 Å². The van der Waals surface area contributed by atoms with Crippen LogP contribution in [0.15, 0.2) is 23.8 Å². The van der Waals surface area contributed by atoms with Crippen LogP contribution in [-0.4, -0.2) is 13.2 Å². The predicted molar refractivity (Wildman–Crippen MR) is 42.9 cm³/mol. The smallest absolute Gasteiger partial charge is 0.0815 e. The Morgan fingerprint density at radius 3 is 2.70 bits per heavy atom. The van der Waals surface area contributed by atoms with Crippen LogP contribution in [0, 0.1) is 5.92 Å². The summed E-state index contributed by atoms with van der Waals surface area (Å²) in [6.45, 7) is 4.28. The summed E-state index contributed by atoms with van der Waals surface area (Å²) < 4.78 is 5.22. The van der Waals surface area contributed by atoms with E-state index in [9.17, 15) is 0 Å². The number of rotatable bonds is 1. The Morgan fingerprint density at radius 1 is 1.50 bits per heavy atom. The van der Waals surface area contributed by atoms with E-state index in [0.29, 0.717) is 5.92 Å². The molecule has 0 fully saturated rings. The standard InChI is InChI=1S/C9H14O/c1-7-4-5-9(10-3)8(2)6-7/h4-6,8-9H,1-3H3. The average Bonchev–Trinajstić information content (AvgIpc) is 1.88. The summed E-state index contributed by atoms with van der Waals surface area (Å²) in [4.78, 5) is 0. The molecule has 0 aromatic carbocycles. The van der Waals surface area contributed by atoms with E-state index in [1.165, 1.54) is 5.57 Å². The third-order valence-corrected chi connectivity index (χ3v) is 1.86. The van der Waals surface area contributed by atoms with Gasteiger partial charge in [-0.1, -0.05) is 30.7 Å². The minimum atomic E-state index is 0.281. The minimum absolute atomic E-state index is 0.281. The van der Waals surface area contributed by atoms with Crippen molar-refractivity contribution in [2.45, 2.75) is 20.0 Å². The summed E-state index contributed by atoms with van der Waals surface area (Å²) in [6.07, 6.45) is 6.73. The molecule has 0 aliphatic heterocycles. The van der Waals surface area contributed by atoms with Crippen molar-refractivity contribution in [1.29, 1.82) is 0 Å². The van der Waals surface area contributed by atoms with E-state index in [1.807, 2.05) is 0 Å². The molecule has 1 rings (SSSR count). The zero-order valence-corrected chi connectivity index (χ0v) is 6.79. The van der Waals surface area contributed by atoms with Gasteiger partial charge in [0.2, 0.25) is 0 Å². The highest BCUT2D eigenvalue weighted by Gasteiger charge is 2.13. The van der Waals surface area contributed by atoms with Gasteiger partial charge in [-0.25, -0.2) is 0 Å². The fourth-order valence-electron chi connectivity index (χ4n) is 1.28. The minimum Gasteiger partial charge on any atom is -0.377 e. The molecule has 0 bridgehead atoms. The van der Waals surface area contributed by atoms with Crippen molar-refractivity contribution in [2.75, 3.05) is 7.11 Å². The maximum Gasteiger partial charge on any atom is 0.0815 e. The van der Waals surface area contributed by atoms with Crippen LogP contribution in [0.4, 0.5) is 0 Å². The molecule has 0 heterocycles. The first-order valence-corrected chi connectivity index (χ1v) is 3.63. The summed E-state index contributed by atoms with van der Waals surface area (Å²) in [5.41, 5.74) is 1.33. The maximum absolute atomic E-state index is 5.22. The molecule has 1 aliphatic carbocycles. The first-order valence-electron chi connectivity index (χ1n) is 3.63. The molecule has 0 aromatic rings. The van der Waals surface area contributed by atoms with Gasteiger partial charge in [-0.15, -0.1) is 0 Å². The highest BCUT2D eigenvalue weighted by atomic mass is 16.5. The molecule has 1 aliphatic rings. The molecule has 1 heteroatoms. The van der Waals surface area contributed by atoms with Crippen molar-refractivity contribution in [3.8, 4) is 0 Å². The van der Waals surface area contributed by atoms with Gasteiger partial charge in [0.25, 0.3) is 0 Å². The van der Waals surface area contributed by atoms with Crippen molar-refractivity contribution >= 4 is 0 Å². The van der Waals surface area contributed by atoms with Crippen LogP contribution in [0.3, 0.4) is 0 Å². The quantitative estimate of drug-likeness (QED) is 0.539. The topological polar surface area (TPSA) is 9.23 Å². The predicted octanol–water partition coefficient (Wildman–Crippen LogP) is 2.15. The van der Waals surface area contributed by atoms with Gasteiger partial charge >= 0.3 is 0 Å². The Bertz CT molecular complexity index is 168. The van der Waals surface area contributed by atoms with Crippen LogP contribution in [-0.2, 0) is 4.74 Å². The van der Waals surface area contributed by atoms with Crippen molar-refractivity contribution in [3.05, 3.63) is 23.8 Å². The molecule has 56 valence electrons. The van der Waals surface area contributed by atoms with Gasteiger partial charge < -0.3 is 4.74 Å². The number of allylic oxidation sites excluding steroid dienone is 2. The average molecular weight is 138 g/mol. The summed E-state index contributed by atoms with van der Waals surface area (Å²) >= 11 is 0. The Balaban J connectivity index is 2.64. The molecule has 0 spiro atoms. The largest absolute Gasteiger partial charge is 0.377 e. The van der Waals surface area contributed by atoms with E-state index in [2.05, 4.69) is 32.1 Å². The van der Waals surface area contributed by atoms with Crippen LogP contribution in [0.1, 0.15) is 13.8 Å². The summed E-state index contributed by atoms with van der Waals surface area (Å²) in [6, 6.07) is 0. The third kappa shape index (κ3) is 1.48. The number of ether oxygens (including phenoxy) is 1. The Labute approximate surface area is 62.4 Å². The van der Waals surface area contributed by atoms with Crippen LogP contribution >= 0.6 is 0 Å². The highest BCUT2D eigenvalue weighted by molar-refractivity contribution is 5.23. The first kappa shape index (κ1) is 7.55. The Kier molecular flexibility index (Phi) is 2.28. The Hall–Kier alpha value is -0.560. The molecule has 10 heavy (non-hydrogen) atoms. The molecule has 0 amide bonds. The second-order valence-corrected chi connectivity index (χ2v) is 2.83.